The van der Waals surface area contributed by atoms with E-state index in [2.05, 4.69) is 35.2 Å². The van der Waals surface area contributed by atoms with Gasteiger partial charge in [0.1, 0.15) is 5.69 Å². The number of para-hydroxylation sites is 1. The van der Waals surface area contributed by atoms with Gasteiger partial charge in [0.05, 0.1) is 29.2 Å². The molecule has 3 unspecified atom stereocenters. The van der Waals surface area contributed by atoms with Gasteiger partial charge >= 0.3 is 0 Å². The van der Waals surface area contributed by atoms with Crippen LogP contribution in [0.1, 0.15) is 60.8 Å². The molecule has 3 aromatic rings. The van der Waals surface area contributed by atoms with Gasteiger partial charge in [-0.3, -0.25) is 14.8 Å². The molecular formula is C29H33N5O. The SMILES string of the molecule is C=C1CCCCC1NCC(=O)c1cc(Cc2ccc(C34C=NN(C)C3C4)nc2)c2ccccc2n1.[HH]. The summed E-state index contributed by atoms with van der Waals surface area (Å²) in [5.74, 6) is 0.0207. The summed E-state index contributed by atoms with van der Waals surface area (Å²) in [6.45, 7) is 4.47. The van der Waals surface area contributed by atoms with Gasteiger partial charge in [-0.25, -0.2) is 4.98 Å². The molecule has 0 amide bonds. The van der Waals surface area contributed by atoms with E-state index in [1.807, 2.05) is 48.7 Å². The lowest BCUT2D eigenvalue weighted by Crippen LogP contribution is -2.36. The second kappa shape index (κ2) is 8.68. The number of Topliss-reactive ketones (excluding diaryl/α,β-unsaturated/α-hetero) is 1. The highest BCUT2D eigenvalue weighted by atomic mass is 16.1. The van der Waals surface area contributed by atoms with Crippen molar-refractivity contribution in [1.29, 1.82) is 0 Å². The zero-order valence-corrected chi connectivity index (χ0v) is 20.2. The van der Waals surface area contributed by atoms with Gasteiger partial charge in [0.15, 0.2) is 5.78 Å². The minimum absolute atomic E-state index is 0. The molecule has 0 spiro atoms. The van der Waals surface area contributed by atoms with Crippen molar-refractivity contribution in [3.05, 3.63) is 83.3 Å². The van der Waals surface area contributed by atoms with E-state index in [-0.39, 0.29) is 25.2 Å². The minimum Gasteiger partial charge on any atom is -0.303 e. The maximum atomic E-state index is 13.1. The maximum Gasteiger partial charge on any atom is 0.194 e. The van der Waals surface area contributed by atoms with E-state index in [0.717, 1.165) is 47.0 Å². The van der Waals surface area contributed by atoms with Crippen molar-refractivity contribution >= 4 is 22.9 Å². The molecule has 6 nitrogen and oxygen atoms in total. The number of likely N-dealkylation sites (N-methyl/N-ethyl adjacent to an activating group) is 1. The predicted octanol–water partition coefficient (Wildman–Crippen LogP) is 4.68. The van der Waals surface area contributed by atoms with Crippen molar-refractivity contribution in [2.75, 3.05) is 13.6 Å². The van der Waals surface area contributed by atoms with Crippen LogP contribution in [0.15, 0.2) is 65.9 Å². The summed E-state index contributed by atoms with van der Waals surface area (Å²) in [7, 11) is 2.03. The molecule has 0 radical (unpaired) electrons. The van der Waals surface area contributed by atoms with E-state index in [4.69, 9.17) is 9.97 Å². The van der Waals surface area contributed by atoms with E-state index >= 15 is 0 Å². The van der Waals surface area contributed by atoms with E-state index in [0.29, 0.717) is 18.2 Å². The lowest BCUT2D eigenvalue weighted by atomic mass is 9.91. The first-order valence-electron chi connectivity index (χ1n) is 12.6. The molecule has 0 saturated heterocycles. The number of fused-ring (bicyclic) bond motifs is 2. The first kappa shape index (κ1) is 22.1. The number of carbonyl (C=O) groups excluding carboxylic acids is 1. The van der Waals surface area contributed by atoms with E-state index in [1.165, 1.54) is 18.4 Å². The lowest BCUT2D eigenvalue weighted by Gasteiger charge is -2.25. The van der Waals surface area contributed by atoms with Gasteiger partial charge in [0.2, 0.25) is 0 Å². The molecule has 3 heterocycles. The summed E-state index contributed by atoms with van der Waals surface area (Å²) in [4.78, 5) is 22.6. The highest BCUT2D eigenvalue weighted by Crippen LogP contribution is 2.52. The van der Waals surface area contributed by atoms with Crippen LogP contribution in [0.3, 0.4) is 0 Å². The van der Waals surface area contributed by atoms with Crippen molar-refractivity contribution in [3.63, 3.8) is 0 Å². The number of hydrogen-bond acceptors (Lipinski definition) is 6. The van der Waals surface area contributed by atoms with Crippen molar-refractivity contribution < 1.29 is 6.22 Å². The Morgan fingerprint density at radius 3 is 2.89 bits per heavy atom. The highest BCUT2D eigenvalue weighted by molar-refractivity contribution is 5.98. The molecular weight excluding hydrogens is 434 g/mol. The number of benzene rings is 1. The highest BCUT2D eigenvalue weighted by Gasteiger charge is 2.61. The Hall–Kier alpha value is -3.38. The van der Waals surface area contributed by atoms with Gasteiger partial charge in [-0.1, -0.05) is 42.8 Å². The molecule has 180 valence electrons. The van der Waals surface area contributed by atoms with Gasteiger partial charge in [-0.2, -0.15) is 5.10 Å². The number of hydrogen-bond donors (Lipinski definition) is 1. The standard InChI is InChI=1S/C29H31N5O.H2/c1-19-7-3-5-9-23(19)30-17-26(35)25-14-21(22-8-4-6-10-24(22)33-25)13-20-11-12-27(31-16-20)29-15-28(29)34(2)32-18-29;/h4,6,8,10-12,14,16,18,23,28,30H,1,3,5,7,9,13,15,17H2,2H3;1H. The zero-order valence-electron chi connectivity index (χ0n) is 20.2. The molecule has 0 bridgehead atoms. The quantitative estimate of drug-likeness (QED) is 0.404. The van der Waals surface area contributed by atoms with Crippen molar-refractivity contribution in [3.8, 4) is 0 Å². The third kappa shape index (κ3) is 4.06. The topological polar surface area (TPSA) is 70.5 Å². The summed E-state index contributed by atoms with van der Waals surface area (Å²) in [5, 5.41) is 11.0. The Morgan fingerprint density at radius 1 is 1.26 bits per heavy atom. The molecule has 1 N–H and O–H groups in total. The van der Waals surface area contributed by atoms with Crippen LogP contribution in [0.25, 0.3) is 10.9 Å². The molecule has 2 aromatic heterocycles. The Balaban J connectivity index is 0.00000267. The first-order chi connectivity index (χ1) is 17.0. The van der Waals surface area contributed by atoms with Crippen molar-refractivity contribution in [2.24, 2.45) is 5.10 Å². The van der Waals surface area contributed by atoms with Crippen LogP contribution >= 0.6 is 0 Å². The summed E-state index contributed by atoms with van der Waals surface area (Å²) in [6, 6.07) is 15.0. The summed E-state index contributed by atoms with van der Waals surface area (Å²) < 4.78 is 0. The minimum atomic E-state index is -0.00707. The Morgan fingerprint density at radius 2 is 2.14 bits per heavy atom. The summed E-state index contributed by atoms with van der Waals surface area (Å²) in [6.07, 6.45) is 10.3. The number of ketones is 1. The van der Waals surface area contributed by atoms with Crippen molar-refractivity contribution in [1.82, 2.24) is 20.3 Å². The molecule has 2 aliphatic carbocycles. The van der Waals surface area contributed by atoms with Crippen LogP contribution in [0, 0.1) is 0 Å². The monoisotopic (exact) mass is 467 g/mol. The average molecular weight is 468 g/mol. The van der Waals surface area contributed by atoms with Crippen LogP contribution in [-0.4, -0.2) is 52.7 Å². The van der Waals surface area contributed by atoms with Gasteiger partial charge < -0.3 is 5.32 Å². The summed E-state index contributed by atoms with van der Waals surface area (Å²) >= 11 is 0. The third-order valence-electron chi connectivity index (χ3n) is 7.91. The third-order valence-corrected chi connectivity index (χ3v) is 7.91. The fourth-order valence-corrected chi connectivity index (χ4v) is 5.67. The number of carbonyl (C=O) groups is 1. The molecule has 2 fully saturated rings. The second-order valence-electron chi connectivity index (χ2n) is 10.3. The van der Waals surface area contributed by atoms with Crippen molar-refractivity contribution in [2.45, 2.75) is 56.0 Å². The smallest absolute Gasteiger partial charge is 0.194 e. The second-order valence-corrected chi connectivity index (χ2v) is 10.3. The molecule has 2 saturated carbocycles. The predicted molar refractivity (Wildman–Crippen MR) is 141 cm³/mol. The number of nitrogens with zero attached hydrogens (tertiary/aromatic N) is 4. The molecule has 6 heteroatoms. The number of aromatic nitrogens is 2. The fourth-order valence-electron chi connectivity index (χ4n) is 5.67. The fraction of sp³-hybridized carbons (Fsp3) is 0.379. The molecule has 1 aliphatic heterocycles. The van der Waals surface area contributed by atoms with Crippen LogP contribution in [0.4, 0.5) is 0 Å². The molecule has 3 atom stereocenters. The van der Waals surface area contributed by atoms with E-state index < -0.39 is 0 Å². The average Bonchev–Trinajstić information content (AvgIpc) is 3.54. The molecule has 6 rings (SSSR count). The molecule has 1 aromatic carbocycles. The largest absolute Gasteiger partial charge is 0.303 e. The number of nitrogens with one attached hydrogen (secondary N) is 1. The number of pyridine rings is 2. The normalized spacial score (nSPS) is 25.2. The van der Waals surface area contributed by atoms with E-state index in [1.54, 1.807) is 0 Å². The van der Waals surface area contributed by atoms with Crippen LogP contribution in [0.5, 0.6) is 0 Å². The Bertz CT molecular complexity index is 1340. The van der Waals surface area contributed by atoms with E-state index in [9.17, 15) is 4.79 Å². The maximum absolute atomic E-state index is 13.1. The Labute approximate surface area is 207 Å². The number of hydrazone groups is 1. The number of rotatable bonds is 7. The van der Waals surface area contributed by atoms with Gasteiger partial charge in [-0.15, -0.1) is 0 Å². The zero-order chi connectivity index (χ0) is 24.0. The lowest BCUT2D eigenvalue weighted by molar-refractivity contribution is 0.0983. The van der Waals surface area contributed by atoms with Gasteiger partial charge in [-0.05, 0) is 61.4 Å². The van der Waals surface area contributed by atoms with Crippen LogP contribution < -0.4 is 5.32 Å². The van der Waals surface area contributed by atoms with Crippen LogP contribution in [-0.2, 0) is 11.8 Å². The first-order valence-corrected chi connectivity index (χ1v) is 12.6. The molecule has 35 heavy (non-hydrogen) atoms. The molecule has 3 aliphatic rings. The van der Waals surface area contributed by atoms with Gasteiger partial charge in [0.25, 0.3) is 0 Å². The Kier molecular flexibility index (Phi) is 5.49. The summed E-state index contributed by atoms with van der Waals surface area (Å²) in [5.41, 5.74) is 5.88. The van der Waals surface area contributed by atoms with Crippen LogP contribution in [0.2, 0.25) is 0 Å². The van der Waals surface area contributed by atoms with Gasteiger partial charge in [0, 0.05) is 32.3 Å².